The Morgan fingerprint density at radius 2 is 2.38 bits per heavy atom. The smallest absolute Gasteiger partial charge is 0.239 e. The second-order valence-corrected chi connectivity index (χ2v) is 3.88. The summed E-state index contributed by atoms with van der Waals surface area (Å²) in [4.78, 5) is 4.18. The van der Waals surface area contributed by atoms with Crippen molar-refractivity contribution in [1.29, 1.82) is 0 Å². The second-order valence-electron chi connectivity index (χ2n) is 3.88. The van der Waals surface area contributed by atoms with E-state index in [1.807, 2.05) is 0 Å². The molecule has 72 valence electrons. The highest BCUT2D eigenvalue weighted by molar-refractivity contribution is 5.18. The summed E-state index contributed by atoms with van der Waals surface area (Å²) >= 11 is 0. The van der Waals surface area contributed by atoms with Crippen molar-refractivity contribution < 1.29 is 0 Å². The van der Waals surface area contributed by atoms with Gasteiger partial charge >= 0.3 is 0 Å². The van der Waals surface area contributed by atoms with E-state index in [2.05, 4.69) is 27.4 Å². The molecule has 0 saturated carbocycles. The molecule has 0 spiro atoms. The summed E-state index contributed by atoms with van der Waals surface area (Å²) in [5.74, 6) is 1.24. The van der Waals surface area contributed by atoms with Gasteiger partial charge in [-0.1, -0.05) is 6.92 Å². The molecule has 1 unspecified atom stereocenters. The van der Waals surface area contributed by atoms with Crippen molar-refractivity contribution in [3.05, 3.63) is 5.82 Å². The van der Waals surface area contributed by atoms with Gasteiger partial charge in [0.25, 0.3) is 0 Å². The lowest BCUT2D eigenvalue weighted by molar-refractivity contribution is 0.324. The highest BCUT2D eigenvalue weighted by atomic mass is 15.3. The molecule has 0 amide bonds. The predicted molar refractivity (Wildman–Crippen MR) is 50.3 cm³/mol. The minimum Gasteiger partial charge on any atom is -0.367 e. The average Bonchev–Trinajstić information content (AvgIpc) is 2.54. The molecule has 0 aromatic carbocycles. The standard InChI is InChI=1S/C8H15N5/c1-8(3-2-4-10-5-8)6-11-7(9)13-12-6/h10H,2-5H2,1H3,(H3,9,11,12,13). The third-order valence-corrected chi connectivity index (χ3v) is 2.67. The summed E-state index contributed by atoms with van der Waals surface area (Å²) in [5.41, 5.74) is 5.54. The first-order valence-electron chi connectivity index (χ1n) is 4.60. The van der Waals surface area contributed by atoms with Gasteiger partial charge in [0.15, 0.2) is 0 Å². The third kappa shape index (κ3) is 1.51. The van der Waals surface area contributed by atoms with Crippen LogP contribution in [0.15, 0.2) is 0 Å². The number of nitrogens with zero attached hydrogens (tertiary/aromatic N) is 2. The van der Waals surface area contributed by atoms with Crippen molar-refractivity contribution in [3.8, 4) is 0 Å². The minimum atomic E-state index is 0.0723. The molecule has 5 nitrogen and oxygen atoms in total. The van der Waals surface area contributed by atoms with Crippen LogP contribution < -0.4 is 11.1 Å². The Morgan fingerprint density at radius 1 is 1.54 bits per heavy atom. The number of rotatable bonds is 1. The van der Waals surface area contributed by atoms with Gasteiger partial charge in [0, 0.05) is 12.0 Å². The van der Waals surface area contributed by atoms with Crippen molar-refractivity contribution in [1.82, 2.24) is 20.5 Å². The van der Waals surface area contributed by atoms with Gasteiger partial charge in [0.05, 0.1) is 0 Å². The fourth-order valence-electron chi connectivity index (χ4n) is 1.80. The first-order chi connectivity index (χ1) is 6.21. The zero-order chi connectivity index (χ0) is 9.31. The molecule has 1 fully saturated rings. The van der Waals surface area contributed by atoms with Gasteiger partial charge < -0.3 is 11.1 Å². The van der Waals surface area contributed by atoms with E-state index in [0.717, 1.165) is 25.3 Å². The normalized spacial score (nSPS) is 29.0. The molecule has 2 heterocycles. The Bertz CT molecular complexity index is 286. The lowest BCUT2D eigenvalue weighted by Gasteiger charge is -2.31. The Labute approximate surface area is 77.1 Å². The van der Waals surface area contributed by atoms with E-state index in [9.17, 15) is 0 Å². The summed E-state index contributed by atoms with van der Waals surface area (Å²) < 4.78 is 0. The molecule has 0 aliphatic carbocycles. The molecule has 0 radical (unpaired) electrons. The minimum absolute atomic E-state index is 0.0723. The molecule has 2 rings (SSSR count). The van der Waals surface area contributed by atoms with Crippen LogP contribution in [0.5, 0.6) is 0 Å². The first kappa shape index (κ1) is 8.50. The van der Waals surface area contributed by atoms with E-state index in [1.54, 1.807) is 0 Å². The maximum absolute atomic E-state index is 5.47. The van der Waals surface area contributed by atoms with Crippen LogP contribution in [0.4, 0.5) is 5.95 Å². The van der Waals surface area contributed by atoms with E-state index in [-0.39, 0.29) is 5.41 Å². The lowest BCUT2D eigenvalue weighted by atomic mass is 9.82. The molecule has 13 heavy (non-hydrogen) atoms. The number of nitrogen functional groups attached to an aromatic ring is 1. The Hall–Kier alpha value is -1.10. The number of nitrogens with two attached hydrogens (primary N) is 1. The summed E-state index contributed by atoms with van der Waals surface area (Å²) in [6, 6.07) is 0. The number of aromatic nitrogens is 3. The topological polar surface area (TPSA) is 79.6 Å². The zero-order valence-electron chi connectivity index (χ0n) is 7.80. The van der Waals surface area contributed by atoms with Crippen LogP contribution in [-0.2, 0) is 5.41 Å². The molecule has 5 heteroatoms. The van der Waals surface area contributed by atoms with Crippen molar-refractivity contribution in [2.45, 2.75) is 25.2 Å². The van der Waals surface area contributed by atoms with Gasteiger partial charge in [0.1, 0.15) is 5.82 Å². The molecule has 1 atom stereocenters. The van der Waals surface area contributed by atoms with Gasteiger partial charge in [-0.05, 0) is 19.4 Å². The van der Waals surface area contributed by atoms with Crippen LogP contribution >= 0.6 is 0 Å². The van der Waals surface area contributed by atoms with Crippen molar-refractivity contribution in [2.75, 3.05) is 18.8 Å². The molecule has 1 aliphatic rings. The summed E-state index contributed by atoms with van der Waals surface area (Å²) in [6.45, 7) is 4.22. The largest absolute Gasteiger partial charge is 0.367 e. The van der Waals surface area contributed by atoms with Crippen molar-refractivity contribution >= 4 is 5.95 Å². The number of anilines is 1. The predicted octanol–water partition coefficient (Wildman–Crippen LogP) is 0.0280. The highest BCUT2D eigenvalue weighted by Crippen LogP contribution is 2.27. The van der Waals surface area contributed by atoms with E-state index < -0.39 is 0 Å². The molecule has 0 bridgehead atoms. The molecular formula is C8H15N5. The average molecular weight is 181 g/mol. The number of piperidine rings is 1. The summed E-state index contributed by atoms with van der Waals surface area (Å²) in [6.07, 6.45) is 2.31. The number of hydrogen-bond acceptors (Lipinski definition) is 4. The molecule has 4 N–H and O–H groups in total. The lowest BCUT2D eigenvalue weighted by Crippen LogP contribution is -2.41. The van der Waals surface area contributed by atoms with Gasteiger partial charge in [0.2, 0.25) is 5.95 Å². The Morgan fingerprint density at radius 3 is 2.92 bits per heavy atom. The number of H-pyrrole nitrogens is 1. The third-order valence-electron chi connectivity index (χ3n) is 2.67. The van der Waals surface area contributed by atoms with Crippen LogP contribution in [0.2, 0.25) is 0 Å². The van der Waals surface area contributed by atoms with Gasteiger partial charge in [-0.15, -0.1) is 5.10 Å². The molecule has 1 aromatic heterocycles. The molecular weight excluding hydrogens is 166 g/mol. The van der Waals surface area contributed by atoms with Crippen LogP contribution in [-0.4, -0.2) is 28.3 Å². The quantitative estimate of drug-likeness (QED) is 0.571. The maximum Gasteiger partial charge on any atom is 0.239 e. The maximum atomic E-state index is 5.47. The van der Waals surface area contributed by atoms with Crippen LogP contribution in [0, 0.1) is 0 Å². The summed E-state index contributed by atoms with van der Waals surface area (Å²) in [5, 5.41) is 10.1. The van der Waals surface area contributed by atoms with Crippen LogP contribution in [0.1, 0.15) is 25.6 Å². The SMILES string of the molecule is CC1(c2nc(N)n[nH]2)CCCNC1. The van der Waals surface area contributed by atoms with Crippen molar-refractivity contribution in [2.24, 2.45) is 0 Å². The highest BCUT2D eigenvalue weighted by Gasteiger charge is 2.31. The van der Waals surface area contributed by atoms with Crippen LogP contribution in [0.25, 0.3) is 0 Å². The number of nitrogens with one attached hydrogen (secondary N) is 2. The fourth-order valence-corrected chi connectivity index (χ4v) is 1.80. The van der Waals surface area contributed by atoms with E-state index in [4.69, 9.17) is 5.73 Å². The van der Waals surface area contributed by atoms with Crippen molar-refractivity contribution in [3.63, 3.8) is 0 Å². The van der Waals surface area contributed by atoms with Gasteiger partial charge in [-0.3, -0.25) is 5.10 Å². The Balaban J connectivity index is 2.22. The molecule has 1 aromatic rings. The van der Waals surface area contributed by atoms with Gasteiger partial charge in [-0.25, -0.2) is 0 Å². The summed E-state index contributed by atoms with van der Waals surface area (Å²) in [7, 11) is 0. The number of hydrogen-bond donors (Lipinski definition) is 3. The van der Waals surface area contributed by atoms with E-state index >= 15 is 0 Å². The van der Waals surface area contributed by atoms with Gasteiger partial charge in [-0.2, -0.15) is 4.98 Å². The monoisotopic (exact) mass is 181 g/mol. The molecule has 1 saturated heterocycles. The fraction of sp³-hybridized carbons (Fsp3) is 0.750. The van der Waals surface area contributed by atoms with Crippen LogP contribution in [0.3, 0.4) is 0 Å². The number of aromatic amines is 1. The Kier molecular flexibility index (Phi) is 1.95. The first-order valence-corrected chi connectivity index (χ1v) is 4.60. The zero-order valence-corrected chi connectivity index (χ0v) is 7.80. The molecule has 1 aliphatic heterocycles. The van der Waals surface area contributed by atoms with E-state index in [1.165, 1.54) is 6.42 Å². The van der Waals surface area contributed by atoms with E-state index in [0.29, 0.717) is 5.95 Å². The second kappa shape index (κ2) is 2.99.